The molecule has 1 saturated heterocycles. The summed E-state index contributed by atoms with van der Waals surface area (Å²) in [5, 5.41) is 4.06. The smallest absolute Gasteiger partial charge is 0.0413 e. The van der Waals surface area contributed by atoms with Crippen LogP contribution in [0.25, 0.3) is 0 Å². The lowest BCUT2D eigenvalue weighted by molar-refractivity contribution is 0.248. The number of hydrogen-bond acceptors (Lipinski definition) is 3. The number of anilines is 1. The first-order valence-corrected chi connectivity index (χ1v) is 7.58. The second-order valence-corrected chi connectivity index (χ2v) is 5.99. The van der Waals surface area contributed by atoms with Crippen LogP contribution in [-0.2, 0) is 6.54 Å². The van der Waals surface area contributed by atoms with Gasteiger partial charge in [-0.1, -0.05) is 11.6 Å². The summed E-state index contributed by atoms with van der Waals surface area (Å²) in [6.07, 6.45) is 2.82. The van der Waals surface area contributed by atoms with Gasteiger partial charge in [0.25, 0.3) is 0 Å². The Morgan fingerprint density at radius 1 is 1.21 bits per heavy atom. The third kappa shape index (κ3) is 3.04. The van der Waals surface area contributed by atoms with Crippen LogP contribution < -0.4 is 10.2 Å². The minimum absolute atomic E-state index is 0.825. The van der Waals surface area contributed by atoms with Gasteiger partial charge in [-0.3, -0.25) is 4.90 Å². The Balaban J connectivity index is 1.71. The van der Waals surface area contributed by atoms with Gasteiger partial charge in [-0.25, -0.2) is 0 Å². The number of piperazine rings is 1. The molecular formula is C15H22ClN3. The van der Waals surface area contributed by atoms with Crippen molar-refractivity contribution in [1.29, 1.82) is 0 Å². The molecule has 0 unspecified atom stereocenters. The molecule has 1 aromatic carbocycles. The predicted octanol–water partition coefficient (Wildman–Crippen LogP) is 2.34. The third-order valence-corrected chi connectivity index (χ3v) is 4.36. The van der Waals surface area contributed by atoms with E-state index in [0.29, 0.717) is 0 Å². The Labute approximate surface area is 120 Å². The van der Waals surface area contributed by atoms with Crippen LogP contribution in [0.2, 0.25) is 5.02 Å². The largest absolute Gasteiger partial charge is 0.369 e. The average molecular weight is 280 g/mol. The Morgan fingerprint density at radius 3 is 2.58 bits per heavy atom. The maximum absolute atomic E-state index is 6.11. The first-order valence-electron chi connectivity index (χ1n) is 7.20. The van der Waals surface area contributed by atoms with Gasteiger partial charge in [-0.2, -0.15) is 0 Å². The van der Waals surface area contributed by atoms with Crippen molar-refractivity contribution in [3.05, 3.63) is 28.8 Å². The summed E-state index contributed by atoms with van der Waals surface area (Å²) in [4.78, 5) is 5.14. The summed E-state index contributed by atoms with van der Waals surface area (Å²) >= 11 is 6.11. The molecule has 3 nitrogen and oxygen atoms in total. The highest BCUT2D eigenvalue weighted by Crippen LogP contribution is 2.30. The van der Waals surface area contributed by atoms with E-state index in [2.05, 4.69) is 27.2 Å². The van der Waals surface area contributed by atoms with E-state index in [1.54, 1.807) is 0 Å². The minimum atomic E-state index is 0.825. The van der Waals surface area contributed by atoms with E-state index in [4.69, 9.17) is 11.6 Å². The van der Waals surface area contributed by atoms with Gasteiger partial charge in [0.15, 0.2) is 0 Å². The third-order valence-electron chi connectivity index (χ3n) is 4.13. The Morgan fingerprint density at radius 2 is 1.95 bits per heavy atom. The molecule has 0 radical (unpaired) electrons. The van der Waals surface area contributed by atoms with Crippen molar-refractivity contribution in [2.24, 2.45) is 0 Å². The molecule has 1 aliphatic heterocycles. The molecule has 1 aliphatic carbocycles. The van der Waals surface area contributed by atoms with Crippen molar-refractivity contribution >= 4 is 17.3 Å². The summed E-state index contributed by atoms with van der Waals surface area (Å²) < 4.78 is 0. The Kier molecular flexibility index (Phi) is 3.96. The van der Waals surface area contributed by atoms with E-state index in [9.17, 15) is 0 Å². The molecule has 104 valence electrons. The maximum atomic E-state index is 6.11. The zero-order valence-electron chi connectivity index (χ0n) is 11.5. The fourth-order valence-corrected chi connectivity index (χ4v) is 3.16. The van der Waals surface area contributed by atoms with Crippen LogP contribution in [-0.4, -0.2) is 44.2 Å². The fraction of sp³-hybridized carbons (Fsp3) is 0.600. The van der Waals surface area contributed by atoms with Crippen LogP contribution in [0.1, 0.15) is 18.4 Å². The normalized spacial score (nSPS) is 20.8. The van der Waals surface area contributed by atoms with Crippen molar-refractivity contribution in [2.75, 3.05) is 38.1 Å². The molecule has 1 heterocycles. The fourth-order valence-electron chi connectivity index (χ4n) is 2.96. The highest BCUT2D eigenvalue weighted by atomic mass is 35.5. The summed E-state index contributed by atoms with van der Waals surface area (Å²) in [6, 6.07) is 7.15. The van der Waals surface area contributed by atoms with Crippen LogP contribution in [0.15, 0.2) is 18.2 Å². The molecule has 0 atom stereocenters. The quantitative estimate of drug-likeness (QED) is 0.913. The van der Waals surface area contributed by atoms with Crippen molar-refractivity contribution in [3.63, 3.8) is 0 Å². The predicted molar refractivity (Wildman–Crippen MR) is 81.0 cm³/mol. The van der Waals surface area contributed by atoms with E-state index >= 15 is 0 Å². The van der Waals surface area contributed by atoms with Crippen LogP contribution in [0, 0.1) is 0 Å². The van der Waals surface area contributed by atoms with Crippen LogP contribution in [0.5, 0.6) is 0 Å². The van der Waals surface area contributed by atoms with Crippen molar-refractivity contribution in [1.82, 2.24) is 10.2 Å². The zero-order chi connectivity index (χ0) is 13.2. The van der Waals surface area contributed by atoms with Gasteiger partial charge in [0, 0.05) is 49.5 Å². The lowest BCUT2D eigenvalue weighted by Crippen LogP contribution is -2.47. The first kappa shape index (κ1) is 13.2. The van der Waals surface area contributed by atoms with Crippen molar-refractivity contribution in [3.8, 4) is 0 Å². The summed E-state index contributed by atoms with van der Waals surface area (Å²) in [7, 11) is 1.98. The molecule has 2 aliphatic rings. The van der Waals surface area contributed by atoms with Crippen LogP contribution in [0.3, 0.4) is 0 Å². The van der Waals surface area contributed by atoms with Gasteiger partial charge >= 0.3 is 0 Å². The molecule has 0 bridgehead atoms. The molecule has 0 aromatic heterocycles. The topological polar surface area (TPSA) is 18.5 Å². The minimum Gasteiger partial charge on any atom is -0.369 e. The monoisotopic (exact) mass is 279 g/mol. The van der Waals surface area contributed by atoms with E-state index in [0.717, 1.165) is 30.7 Å². The van der Waals surface area contributed by atoms with Crippen molar-refractivity contribution < 1.29 is 0 Å². The van der Waals surface area contributed by atoms with Gasteiger partial charge in [0.1, 0.15) is 0 Å². The number of nitrogens with zero attached hydrogens (tertiary/aromatic N) is 2. The van der Waals surface area contributed by atoms with Gasteiger partial charge in [-0.15, -0.1) is 0 Å². The Bertz CT molecular complexity index is 437. The molecular weight excluding hydrogens is 258 g/mol. The standard InChI is InChI=1S/C15H22ClN3/c1-17-11-12-10-13(16)2-5-15(12)19-8-6-18(7-9-19)14-3-4-14/h2,5,10,14,17H,3-4,6-9,11H2,1H3. The molecule has 0 spiro atoms. The van der Waals surface area contributed by atoms with E-state index in [-0.39, 0.29) is 0 Å². The van der Waals surface area contributed by atoms with E-state index < -0.39 is 0 Å². The zero-order valence-corrected chi connectivity index (χ0v) is 12.3. The number of halogens is 1. The highest BCUT2D eigenvalue weighted by molar-refractivity contribution is 6.30. The highest BCUT2D eigenvalue weighted by Gasteiger charge is 2.31. The Hall–Kier alpha value is -0.770. The van der Waals surface area contributed by atoms with Gasteiger partial charge < -0.3 is 10.2 Å². The SMILES string of the molecule is CNCc1cc(Cl)ccc1N1CCN(C2CC2)CC1. The molecule has 1 aromatic rings. The van der Waals surface area contributed by atoms with Crippen LogP contribution in [0.4, 0.5) is 5.69 Å². The molecule has 0 amide bonds. The number of nitrogens with one attached hydrogen (secondary N) is 1. The average Bonchev–Trinajstić information content (AvgIpc) is 3.24. The molecule has 4 heteroatoms. The van der Waals surface area contributed by atoms with Gasteiger partial charge in [0.05, 0.1) is 0 Å². The molecule has 3 rings (SSSR count). The van der Waals surface area contributed by atoms with Crippen LogP contribution >= 0.6 is 11.6 Å². The summed E-state index contributed by atoms with van der Waals surface area (Å²) in [5.41, 5.74) is 2.64. The number of rotatable bonds is 4. The van der Waals surface area contributed by atoms with Crippen molar-refractivity contribution in [2.45, 2.75) is 25.4 Å². The lowest BCUT2D eigenvalue weighted by atomic mass is 10.1. The first-order chi connectivity index (χ1) is 9.28. The van der Waals surface area contributed by atoms with E-state index in [1.165, 1.54) is 37.2 Å². The summed E-state index contributed by atoms with van der Waals surface area (Å²) in [5.74, 6) is 0. The molecule has 1 N–H and O–H groups in total. The number of hydrogen-bond donors (Lipinski definition) is 1. The van der Waals surface area contributed by atoms with E-state index in [1.807, 2.05) is 13.1 Å². The van der Waals surface area contributed by atoms with Gasteiger partial charge in [0.2, 0.25) is 0 Å². The molecule has 2 fully saturated rings. The van der Waals surface area contributed by atoms with Gasteiger partial charge in [-0.05, 0) is 43.7 Å². The number of benzene rings is 1. The second kappa shape index (κ2) is 5.70. The molecule has 19 heavy (non-hydrogen) atoms. The summed E-state index contributed by atoms with van der Waals surface area (Å²) in [6.45, 7) is 5.54. The maximum Gasteiger partial charge on any atom is 0.0413 e. The second-order valence-electron chi connectivity index (χ2n) is 5.56. The molecule has 1 saturated carbocycles. The lowest BCUT2D eigenvalue weighted by Gasteiger charge is -2.37.